The Bertz CT molecular complexity index is 817. The van der Waals surface area contributed by atoms with Gasteiger partial charge in [0.1, 0.15) is 0 Å². The molecule has 0 atom stereocenters. The third-order valence-corrected chi connectivity index (χ3v) is 4.73. The predicted molar refractivity (Wildman–Crippen MR) is 120 cm³/mol. The minimum atomic E-state index is 0. The molecule has 0 bridgehead atoms. The first-order chi connectivity index (χ1) is 13.3. The van der Waals surface area contributed by atoms with Gasteiger partial charge < -0.3 is 24.8 Å². The van der Waals surface area contributed by atoms with Gasteiger partial charge in [-0.15, -0.1) is 5.56 Å². The normalized spacial score (nSPS) is 10.5. The van der Waals surface area contributed by atoms with Crippen molar-refractivity contribution in [2.24, 2.45) is 0 Å². The van der Waals surface area contributed by atoms with Gasteiger partial charge in [0.15, 0.2) is 0 Å². The van der Waals surface area contributed by atoms with E-state index in [2.05, 4.69) is 77.9 Å². The number of rotatable bonds is 2. The van der Waals surface area contributed by atoms with Crippen molar-refractivity contribution in [1.82, 2.24) is 0 Å². The fraction of sp³-hybridized carbons (Fsp3) is 0.333. The Morgan fingerprint density at radius 1 is 0.900 bits per heavy atom. The van der Waals surface area contributed by atoms with Crippen LogP contribution in [0.4, 0.5) is 0 Å². The number of benzene rings is 2. The van der Waals surface area contributed by atoms with Gasteiger partial charge in [-0.1, -0.05) is 62.9 Å². The van der Waals surface area contributed by atoms with E-state index in [1.165, 1.54) is 36.6 Å². The van der Waals surface area contributed by atoms with E-state index in [1.807, 2.05) is 30.3 Å². The molecule has 0 heterocycles. The van der Waals surface area contributed by atoms with Gasteiger partial charge in [0.05, 0.1) is 0 Å². The summed E-state index contributed by atoms with van der Waals surface area (Å²) in [5.41, 5.74) is 8.48. The van der Waals surface area contributed by atoms with E-state index in [0.29, 0.717) is 11.8 Å². The standard InChI is InChI=1S/C19H21.C5H5.C3H6.2ClH.Zr/c1-12(2)14-5-7-16-9-17-8-6-15(13(3)4)11-19(17)18(16)10-14;1-2-4-5-3-1;1-3-2;;;/h5-7,10-13H,9H2,1-4H3;1-5H;1-2H3;2*1H;/q2*-1;;;;+2/p-2. The van der Waals surface area contributed by atoms with Crippen molar-refractivity contribution in [3.63, 3.8) is 0 Å². The molecule has 0 saturated heterocycles. The molecule has 0 aliphatic heterocycles. The van der Waals surface area contributed by atoms with Crippen molar-refractivity contribution < 1.29 is 49.0 Å². The minimum Gasteiger partial charge on any atom is -1.00 e. The van der Waals surface area contributed by atoms with Crippen LogP contribution in [0.25, 0.3) is 11.1 Å². The maximum Gasteiger partial charge on any atom is -0.172 e. The van der Waals surface area contributed by atoms with Gasteiger partial charge in [-0.25, -0.2) is 12.1 Å². The summed E-state index contributed by atoms with van der Waals surface area (Å²) < 4.78 is 1.51. The maximum atomic E-state index is 3.49. The zero-order valence-corrected chi connectivity index (χ0v) is 22.9. The van der Waals surface area contributed by atoms with E-state index in [9.17, 15) is 0 Å². The van der Waals surface area contributed by atoms with E-state index in [4.69, 9.17) is 0 Å². The molecule has 0 radical (unpaired) electrons. The van der Waals surface area contributed by atoms with Gasteiger partial charge in [0.2, 0.25) is 0 Å². The second-order valence-corrected chi connectivity index (χ2v) is 10.6. The molecule has 3 aromatic rings. The molecule has 0 nitrogen and oxygen atoms in total. The van der Waals surface area contributed by atoms with E-state index >= 15 is 0 Å². The molecule has 0 saturated carbocycles. The summed E-state index contributed by atoms with van der Waals surface area (Å²) in [7, 11) is 0. The van der Waals surface area contributed by atoms with Crippen LogP contribution in [0.1, 0.15) is 75.6 Å². The first kappa shape index (κ1) is 29.1. The SMILES string of the molecule is CC(C)c1c[c-]c2c(c1)-c1cc(C(C)C)ccc1C2.C[C](C)=[Zr+2].[Cl-].[Cl-].c1cc[cH-]c1. The summed E-state index contributed by atoms with van der Waals surface area (Å²) in [6.45, 7) is 13.3. The predicted octanol–water partition coefficient (Wildman–Crippen LogP) is 1.46. The van der Waals surface area contributed by atoms with Gasteiger partial charge in [0, 0.05) is 0 Å². The second kappa shape index (κ2) is 14.2. The molecule has 0 amide bonds. The Kier molecular flexibility index (Phi) is 13.8. The summed E-state index contributed by atoms with van der Waals surface area (Å²) in [5, 5.41) is 0. The van der Waals surface area contributed by atoms with Crippen LogP contribution < -0.4 is 24.8 Å². The van der Waals surface area contributed by atoms with Crippen LogP contribution in [0.5, 0.6) is 0 Å². The summed E-state index contributed by atoms with van der Waals surface area (Å²) in [4.78, 5) is 0. The third kappa shape index (κ3) is 8.70. The fourth-order valence-electron chi connectivity index (χ4n) is 3.13. The Morgan fingerprint density at radius 2 is 1.43 bits per heavy atom. The Morgan fingerprint density at radius 3 is 1.90 bits per heavy atom. The summed E-state index contributed by atoms with van der Waals surface area (Å²) in [6, 6.07) is 25.0. The first-order valence-corrected chi connectivity index (χ1v) is 11.4. The van der Waals surface area contributed by atoms with Crippen LogP contribution in [0.2, 0.25) is 0 Å². The molecule has 3 heteroatoms. The fourth-order valence-corrected chi connectivity index (χ4v) is 3.13. The molecule has 3 aromatic carbocycles. The molecule has 0 unspecified atom stereocenters. The molecule has 160 valence electrons. The number of fused-ring (bicyclic) bond motifs is 3. The van der Waals surface area contributed by atoms with E-state index in [1.54, 1.807) is 24.2 Å². The van der Waals surface area contributed by atoms with Crippen LogP contribution in [0.15, 0.2) is 60.7 Å². The van der Waals surface area contributed by atoms with Gasteiger partial charge in [-0.2, -0.15) is 47.5 Å². The first-order valence-electron chi connectivity index (χ1n) is 10.2. The van der Waals surface area contributed by atoms with Crippen LogP contribution in [-0.4, -0.2) is 3.21 Å². The summed E-state index contributed by atoms with van der Waals surface area (Å²) in [5.74, 6) is 1.16. The third-order valence-electron chi connectivity index (χ3n) is 4.73. The maximum absolute atomic E-state index is 3.49. The van der Waals surface area contributed by atoms with E-state index in [-0.39, 0.29) is 24.8 Å². The van der Waals surface area contributed by atoms with Gasteiger partial charge in [0.25, 0.3) is 0 Å². The monoisotopic (exact) mass is 516 g/mol. The van der Waals surface area contributed by atoms with E-state index in [0.717, 1.165) is 6.42 Å². The quantitative estimate of drug-likeness (QED) is 0.353. The molecule has 1 aliphatic rings. The topological polar surface area (TPSA) is 0 Å². The molecule has 0 aromatic heterocycles. The van der Waals surface area contributed by atoms with Crippen molar-refractivity contribution in [1.29, 1.82) is 0 Å². The molecular weight excluding hydrogens is 486 g/mol. The Labute approximate surface area is 211 Å². The van der Waals surface area contributed by atoms with Crippen LogP contribution in [0.3, 0.4) is 0 Å². The van der Waals surface area contributed by atoms with Crippen molar-refractivity contribution >= 4 is 3.21 Å². The molecule has 0 fully saturated rings. The number of hydrogen-bond donors (Lipinski definition) is 0. The smallest absolute Gasteiger partial charge is 0.172 e. The molecule has 30 heavy (non-hydrogen) atoms. The molecular formula is C27H32Cl2Zr-2. The van der Waals surface area contributed by atoms with Crippen LogP contribution >= 0.6 is 0 Å². The van der Waals surface area contributed by atoms with Crippen molar-refractivity contribution in [3.8, 4) is 11.1 Å². The minimum absolute atomic E-state index is 0. The Balaban J connectivity index is 0.000000645. The molecule has 0 spiro atoms. The van der Waals surface area contributed by atoms with Crippen molar-refractivity contribution in [2.75, 3.05) is 0 Å². The van der Waals surface area contributed by atoms with Crippen LogP contribution in [0, 0.1) is 6.07 Å². The molecule has 4 rings (SSSR count). The number of hydrogen-bond acceptors (Lipinski definition) is 0. The summed E-state index contributed by atoms with van der Waals surface area (Å²) >= 11 is 1.55. The largest absolute Gasteiger partial charge is 1.00 e. The van der Waals surface area contributed by atoms with E-state index < -0.39 is 0 Å². The van der Waals surface area contributed by atoms with Gasteiger partial charge in [-0.05, 0) is 17.9 Å². The second-order valence-electron chi connectivity index (χ2n) is 8.19. The average Bonchev–Trinajstić information content (AvgIpc) is 3.31. The van der Waals surface area contributed by atoms with Gasteiger partial charge >= 0.3 is 41.3 Å². The van der Waals surface area contributed by atoms with Crippen molar-refractivity contribution in [3.05, 3.63) is 89.0 Å². The zero-order valence-electron chi connectivity index (χ0n) is 18.9. The van der Waals surface area contributed by atoms with Crippen LogP contribution in [-0.2, 0) is 30.7 Å². The van der Waals surface area contributed by atoms with Gasteiger partial charge in [-0.3, -0.25) is 0 Å². The Hall–Kier alpha value is -0.877. The molecule has 1 aliphatic carbocycles. The zero-order chi connectivity index (χ0) is 20.7. The number of halogens is 2. The average molecular weight is 519 g/mol. The summed E-state index contributed by atoms with van der Waals surface area (Å²) in [6.07, 6.45) is 1.04. The van der Waals surface area contributed by atoms with Crippen molar-refractivity contribution in [2.45, 2.75) is 59.8 Å². The molecule has 0 N–H and O–H groups in total.